The number of aromatic nitrogens is 3. The van der Waals surface area contributed by atoms with Gasteiger partial charge in [-0.25, -0.2) is 9.79 Å². The Kier molecular flexibility index (Phi) is 7.06. The predicted octanol–water partition coefficient (Wildman–Crippen LogP) is 2.12. The molecule has 0 bridgehead atoms. The molecule has 0 aliphatic rings. The topological polar surface area (TPSA) is 95.4 Å². The number of ether oxygens (including phenoxy) is 1. The Morgan fingerprint density at radius 1 is 1.43 bits per heavy atom. The largest absolute Gasteiger partial charge is 0.462 e. The van der Waals surface area contributed by atoms with Gasteiger partial charge in [0.1, 0.15) is 5.84 Å². The molecule has 1 aromatic heterocycles. The zero-order valence-electron chi connectivity index (χ0n) is 12.2. The number of nitrogens with two attached hydrogens (primary N) is 1. The highest BCUT2D eigenvalue weighted by atomic mass is 127. The van der Waals surface area contributed by atoms with Crippen LogP contribution in [0.4, 0.5) is 0 Å². The zero-order chi connectivity index (χ0) is 15.8. The first-order valence-electron chi connectivity index (χ1n) is 6.46. The Balaban J connectivity index is 3.18. The van der Waals surface area contributed by atoms with Gasteiger partial charge in [-0.15, -0.1) is 4.80 Å². The standard InChI is InChI=1S/C13H18IN5O2/c1-4-6-10(13(20)21-5-2)11(15)18-12(9(3)14)19-16-7-8-17-19/h6-8H,4-5H2,1-3H3,(H2,15,18)/b10-6-,12-9-. The van der Waals surface area contributed by atoms with Crippen molar-refractivity contribution < 1.29 is 9.53 Å². The number of hydrogen-bond donors (Lipinski definition) is 1. The highest BCUT2D eigenvalue weighted by Crippen LogP contribution is 2.17. The lowest BCUT2D eigenvalue weighted by atomic mass is 10.2. The van der Waals surface area contributed by atoms with E-state index >= 15 is 0 Å². The van der Waals surface area contributed by atoms with Gasteiger partial charge in [0.05, 0.1) is 24.6 Å². The molecule has 0 saturated heterocycles. The minimum absolute atomic E-state index is 0.0821. The molecule has 0 fully saturated rings. The van der Waals surface area contributed by atoms with Crippen molar-refractivity contribution in [1.29, 1.82) is 0 Å². The van der Waals surface area contributed by atoms with Crippen molar-refractivity contribution in [1.82, 2.24) is 15.0 Å². The SMILES string of the molecule is CC/C=C(C(=O)OCC)/C(N)=N\C(=C(/C)I)n1nccn1. The maximum Gasteiger partial charge on any atom is 0.341 e. The molecule has 2 N–H and O–H groups in total. The highest BCUT2D eigenvalue weighted by Gasteiger charge is 2.16. The van der Waals surface area contributed by atoms with Gasteiger partial charge in [-0.3, -0.25) is 0 Å². The summed E-state index contributed by atoms with van der Waals surface area (Å²) in [5.41, 5.74) is 6.21. The summed E-state index contributed by atoms with van der Waals surface area (Å²) in [5.74, 6) is 0.0579. The molecule has 0 spiro atoms. The smallest absolute Gasteiger partial charge is 0.341 e. The fourth-order valence-corrected chi connectivity index (χ4v) is 1.80. The number of hydrogen-bond acceptors (Lipinski definition) is 5. The lowest BCUT2D eigenvalue weighted by molar-refractivity contribution is -0.137. The minimum atomic E-state index is -0.487. The number of esters is 1. The molecule has 0 saturated carbocycles. The molecule has 0 aliphatic carbocycles. The van der Waals surface area contributed by atoms with Gasteiger partial charge in [-0.05, 0) is 42.9 Å². The van der Waals surface area contributed by atoms with Gasteiger partial charge in [0.25, 0.3) is 0 Å². The minimum Gasteiger partial charge on any atom is -0.462 e. The van der Waals surface area contributed by atoms with Crippen LogP contribution < -0.4 is 5.73 Å². The van der Waals surface area contributed by atoms with Gasteiger partial charge in [0, 0.05) is 3.58 Å². The quantitative estimate of drug-likeness (QED) is 0.258. The summed E-state index contributed by atoms with van der Waals surface area (Å²) in [5, 5.41) is 8.04. The van der Waals surface area contributed by atoms with Crippen molar-refractivity contribution in [3.63, 3.8) is 0 Å². The molecule has 1 heterocycles. The first-order valence-corrected chi connectivity index (χ1v) is 7.54. The average Bonchev–Trinajstić information content (AvgIpc) is 2.95. The summed E-state index contributed by atoms with van der Waals surface area (Å²) < 4.78 is 5.83. The van der Waals surface area contributed by atoms with E-state index in [0.717, 1.165) is 3.58 Å². The second-order valence-electron chi connectivity index (χ2n) is 3.92. The van der Waals surface area contributed by atoms with Crippen LogP contribution in [0.3, 0.4) is 0 Å². The van der Waals surface area contributed by atoms with Crippen LogP contribution in [0.25, 0.3) is 5.82 Å². The fraction of sp³-hybridized carbons (Fsp3) is 0.385. The molecule has 8 heteroatoms. The van der Waals surface area contributed by atoms with E-state index in [1.54, 1.807) is 25.4 Å². The maximum atomic E-state index is 11.9. The van der Waals surface area contributed by atoms with E-state index < -0.39 is 5.97 Å². The second-order valence-corrected chi connectivity index (χ2v) is 5.54. The molecular weight excluding hydrogens is 385 g/mol. The van der Waals surface area contributed by atoms with Crippen LogP contribution in [-0.4, -0.2) is 33.4 Å². The predicted molar refractivity (Wildman–Crippen MR) is 89.6 cm³/mol. The van der Waals surface area contributed by atoms with Crippen molar-refractivity contribution in [2.24, 2.45) is 10.7 Å². The zero-order valence-corrected chi connectivity index (χ0v) is 14.4. The third-order valence-corrected chi connectivity index (χ3v) is 2.80. The number of halogens is 1. The Bertz CT molecular complexity index is 571. The number of rotatable bonds is 6. The summed E-state index contributed by atoms with van der Waals surface area (Å²) in [7, 11) is 0. The van der Waals surface area contributed by atoms with Gasteiger partial charge < -0.3 is 10.5 Å². The summed E-state index contributed by atoms with van der Waals surface area (Å²) in [4.78, 5) is 17.5. The monoisotopic (exact) mass is 403 g/mol. The van der Waals surface area contributed by atoms with Crippen molar-refractivity contribution in [3.8, 4) is 0 Å². The summed E-state index contributed by atoms with van der Waals surface area (Å²) in [6.45, 7) is 5.77. The second kappa shape index (κ2) is 8.55. The van der Waals surface area contributed by atoms with E-state index in [4.69, 9.17) is 10.5 Å². The Morgan fingerprint density at radius 3 is 2.52 bits per heavy atom. The van der Waals surface area contributed by atoms with Crippen LogP contribution >= 0.6 is 22.6 Å². The molecule has 0 aromatic carbocycles. The fourth-order valence-electron chi connectivity index (χ4n) is 1.46. The molecule has 0 amide bonds. The first-order chi connectivity index (χ1) is 10.0. The summed E-state index contributed by atoms with van der Waals surface area (Å²) >= 11 is 2.10. The lowest BCUT2D eigenvalue weighted by Crippen LogP contribution is -2.24. The molecule has 114 valence electrons. The van der Waals surface area contributed by atoms with Crippen LogP contribution in [0.5, 0.6) is 0 Å². The molecule has 0 aliphatic heterocycles. The van der Waals surface area contributed by atoms with Crippen LogP contribution in [0.15, 0.2) is 32.6 Å². The van der Waals surface area contributed by atoms with Gasteiger partial charge >= 0.3 is 5.97 Å². The number of nitrogens with zero attached hydrogens (tertiary/aromatic N) is 4. The van der Waals surface area contributed by atoms with E-state index in [1.165, 1.54) is 4.80 Å². The van der Waals surface area contributed by atoms with Crippen LogP contribution in [0.2, 0.25) is 0 Å². The van der Waals surface area contributed by atoms with Gasteiger partial charge in [0.2, 0.25) is 0 Å². The van der Waals surface area contributed by atoms with Crippen molar-refractivity contribution in [3.05, 3.63) is 27.6 Å². The number of carbonyl (C=O) groups is 1. The normalized spacial score (nSPS) is 13.9. The van der Waals surface area contributed by atoms with E-state index in [0.29, 0.717) is 12.2 Å². The third-order valence-electron chi connectivity index (χ3n) is 2.32. The molecule has 0 radical (unpaired) electrons. The van der Waals surface area contributed by atoms with Crippen LogP contribution in [0, 0.1) is 0 Å². The van der Waals surface area contributed by atoms with Crippen molar-refractivity contribution >= 4 is 40.2 Å². The molecule has 0 atom stereocenters. The number of carbonyl (C=O) groups excluding carboxylic acids is 1. The van der Waals surface area contributed by atoms with E-state index in [-0.39, 0.29) is 18.0 Å². The third kappa shape index (κ3) is 4.96. The highest BCUT2D eigenvalue weighted by molar-refractivity contribution is 14.1. The molecule has 1 aromatic rings. The van der Waals surface area contributed by atoms with Crippen LogP contribution in [0.1, 0.15) is 27.2 Å². The molecule has 21 heavy (non-hydrogen) atoms. The molecular formula is C13H18IN5O2. The number of amidine groups is 1. The number of aliphatic imine (C=N–C) groups is 1. The Hall–Kier alpha value is -1.71. The summed E-state index contributed by atoms with van der Waals surface area (Å²) in [6, 6.07) is 0. The lowest BCUT2D eigenvalue weighted by Gasteiger charge is -2.08. The summed E-state index contributed by atoms with van der Waals surface area (Å²) in [6.07, 6.45) is 5.42. The molecule has 0 unspecified atom stereocenters. The molecule has 1 rings (SSSR count). The number of allylic oxidation sites excluding steroid dienone is 2. The van der Waals surface area contributed by atoms with Crippen molar-refractivity contribution in [2.45, 2.75) is 27.2 Å². The van der Waals surface area contributed by atoms with Gasteiger partial charge in [0.15, 0.2) is 5.82 Å². The van der Waals surface area contributed by atoms with E-state index in [1.807, 2.05) is 13.8 Å². The Labute approximate surface area is 137 Å². The molecule has 7 nitrogen and oxygen atoms in total. The van der Waals surface area contributed by atoms with E-state index in [2.05, 4.69) is 37.8 Å². The van der Waals surface area contributed by atoms with Gasteiger partial charge in [-0.2, -0.15) is 10.2 Å². The van der Waals surface area contributed by atoms with E-state index in [9.17, 15) is 4.79 Å². The van der Waals surface area contributed by atoms with Gasteiger partial charge in [-0.1, -0.05) is 13.0 Å². The van der Waals surface area contributed by atoms with Crippen LogP contribution in [-0.2, 0) is 9.53 Å². The maximum absolute atomic E-state index is 11.9. The Morgan fingerprint density at radius 2 is 2.05 bits per heavy atom. The average molecular weight is 403 g/mol. The first kappa shape index (κ1) is 17.3. The van der Waals surface area contributed by atoms with Crippen molar-refractivity contribution in [2.75, 3.05) is 6.61 Å².